The third kappa shape index (κ3) is 6.78. The van der Waals surface area contributed by atoms with E-state index in [0.717, 1.165) is 75.2 Å². The normalized spacial score (nSPS) is 18.8. The lowest BCUT2D eigenvalue weighted by molar-refractivity contribution is -0.138. The van der Waals surface area contributed by atoms with Crippen LogP contribution in [0.25, 0.3) is 17.6 Å². The largest absolute Gasteiger partial charge is 0.453 e. The first-order valence-corrected chi connectivity index (χ1v) is 16.1. The van der Waals surface area contributed by atoms with Gasteiger partial charge in [0.05, 0.1) is 23.8 Å². The summed E-state index contributed by atoms with van der Waals surface area (Å²) in [5, 5.41) is 11.8. The van der Waals surface area contributed by atoms with Gasteiger partial charge in [0.15, 0.2) is 17.4 Å². The number of ether oxygens (including phenoxy) is 1. The van der Waals surface area contributed by atoms with E-state index in [1.54, 1.807) is 11.0 Å². The molecule has 1 saturated carbocycles. The molecule has 2 aromatic heterocycles. The maximum absolute atomic E-state index is 15.9. The molecule has 0 atom stereocenters. The van der Waals surface area contributed by atoms with Crippen LogP contribution in [0.15, 0.2) is 61.1 Å². The lowest BCUT2D eigenvalue weighted by Gasteiger charge is -2.49. The van der Waals surface area contributed by atoms with Gasteiger partial charge in [-0.2, -0.15) is 32.9 Å². The van der Waals surface area contributed by atoms with E-state index in [1.165, 1.54) is 48.2 Å². The topological polar surface area (TPSA) is 59.3 Å². The van der Waals surface area contributed by atoms with Crippen LogP contribution in [0, 0.1) is 23.0 Å². The quantitative estimate of drug-likeness (QED) is 0.176. The van der Waals surface area contributed by atoms with Crippen LogP contribution in [0.4, 0.5) is 32.0 Å². The van der Waals surface area contributed by atoms with Crippen molar-refractivity contribution in [3.8, 4) is 17.2 Å². The van der Waals surface area contributed by atoms with Crippen LogP contribution in [0.1, 0.15) is 55.3 Å². The Labute approximate surface area is 273 Å². The maximum atomic E-state index is 15.9. The maximum Gasteiger partial charge on any atom is 0.422 e. The zero-order valence-electron chi connectivity index (χ0n) is 26.1. The van der Waals surface area contributed by atoms with E-state index < -0.39 is 40.7 Å². The van der Waals surface area contributed by atoms with Crippen molar-refractivity contribution in [1.82, 2.24) is 24.9 Å². The Balaban J connectivity index is 1.29. The molecule has 2 saturated heterocycles. The van der Waals surface area contributed by atoms with Crippen LogP contribution in [0.5, 0.6) is 11.5 Å². The standard InChI is InChI=1S/C35H34F6N6O/c36-26-3-1-4-30(32(26)38)48-29-8-7-24(19-27(37)28-10-16-47(44-28)25-9-14-42-43-20-25)33(31(29)35(39,40)41)46-15-2-11-34(22-46)12-17-45(18-13-34)21-23-5-6-23/h1,3-4,7-10,14,16,19-20,23H,2,5-6,11-13,15,17-18,21-22H2/b27-19-. The van der Waals surface area contributed by atoms with Gasteiger partial charge in [0, 0.05) is 31.4 Å². The van der Waals surface area contributed by atoms with Crippen molar-refractivity contribution in [2.75, 3.05) is 37.6 Å². The molecular weight excluding hydrogens is 634 g/mol. The van der Waals surface area contributed by atoms with Crippen molar-refractivity contribution in [2.45, 2.75) is 44.7 Å². The Morgan fingerprint density at radius 2 is 1.77 bits per heavy atom. The van der Waals surface area contributed by atoms with Crippen LogP contribution in [-0.4, -0.2) is 57.6 Å². The summed E-state index contributed by atoms with van der Waals surface area (Å²) >= 11 is 0. The summed E-state index contributed by atoms with van der Waals surface area (Å²) in [5.41, 5.74) is -1.24. The number of piperidine rings is 2. The van der Waals surface area contributed by atoms with Gasteiger partial charge in [-0.05, 0) is 105 Å². The van der Waals surface area contributed by atoms with E-state index in [9.17, 15) is 8.78 Å². The van der Waals surface area contributed by atoms with E-state index in [4.69, 9.17) is 4.74 Å². The summed E-state index contributed by atoms with van der Waals surface area (Å²) in [4.78, 5) is 4.13. The van der Waals surface area contributed by atoms with Gasteiger partial charge in [-0.1, -0.05) is 6.07 Å². The summed E-state index contributed by atoms with van der Waals surface area (Å²) in [6.07, 6.45) is 6.19. The first-order chi connectivity index (χ1) is 23.1. The van der Waals surface area contributed by atoms with Crippen LogP contribution < -0.4 is 9.64 Å². The molecule has 3 aliphatic rings. The SMILES string of the molecule is F/C(=C\c1ccc(Oc2cccc(F)c2F)c(C(F)(F)F)c1N1CCCC2(CCN(CC3CC3)CC2)C1)c1ccn(-c2ccnnc2)n1. The Morgan fingerprint density at radius 1 is 0.958 bits per heavy atom. The Morgan fingerprint density at radius 3 is 2.50 bits per heavy atom. The number of hydrogen-bond donors (Lipinski definition) is 0. The molecule has 1 aliphatic carbocycles. The summed E-state index contributed by atoms with van der Waals surface area (Å²) in [6, 6.07) is 8.44. The van der Waals surface area contributed by atoms with Gasteiger partial charge >= 0.3 is 6.18 Å². The molecule has 48 heavy (non-hydrogen) atoms. The molecule has 0 bridgehead atoms. The van der Waals surface area contributed by atoms with Crippen LogP contribution >= 0.6 is 0 Å². The molecule has 252 valence electrons. The molecule has 4 heterocycles. The molecule has 0 N–H and O–H groups in total. The summed E-state index contributed by atoms with van der Waals surface area (Å²) < 4.78 is 96.9. The predicted molar refractivity (Wildman–Crippen MR) is 168 cm³/mol. The number of nitrogens with zero attached hydrogens (tertiary/aromatic N) is 6. The van der Waals surface area contributed by atoms with E-state index >= 15 is 17.6 Å². The van der Waals surface area contributed by atoms with Gasteiger partial charge in [0.2, 0.25) is 5.82 Å². The van der Waals surface area contributed by atoms with Crippen molar-refractivity contribution < 1.29 is 31.1 Å². The highest BCUT2D eigenvalue weighted by Gasteiger charge is 2.44. The molecule has 0 amide bonds. The van der Waals surface area contributed by atoms with Crippen LogP contribution in [0.3, 0.4) is 0 Å². The number of rotatable bonds is 8. The molecular formula is C35H34F6N6O. The van der Waals surface area contributed by atoms with Crippen molar-refractivity contribution >= 4 is 17.6 Å². The van der Waals surface area contributed by atoms with E-state index in [2.05, 4.69) is 20.2 Å². The summed E-state index contributed by atoms with van der Waals surface area (Å²) in [6.45, 7) is 3.48. The third-order valence-corrected chi connectivity index (χ3v) is 9.65. The smallest absolute Gasteiger partial charge is 0.422 e. The second-order valence-corrected chi connectivity index (χ2v) is 13.0. The molecule has 1 spiro atoms. The average molecular weight is 669 g/mol. The third-order valence-electron chi connectivity index (χ3n) is 9.65. The minimum atomic E-state index is -4.98. The van der Waals surface area contributed by atoms with Crippen molar-refractivity contribution in [3.63, 3.8) is 0 Å². The predicted octanol–water partition coefficient (Wildman–Crippen LogP) is 8.31. The van der Waals surface area contributed by atoms with Crippen molar-refractivity contribution in [3.05, 3.63) is 89.5 Å². The lowest BCUT2D eigenvalue weighted by atomic mass is 9.72. The van der Waals surface area contributed by atoms with Gasteiger partial charge < -0.3 is 14.5 Å². The highest BCUT2D eigenvalue weighted by atomic mass is 19.4. The molecule has 3 fully saturated rings. The fourth-order valence-corrected chi connectivity index (χ4v) is 6.99. The fourth-order valence-electron chi connectivity index (χ4n) is 6.99. The Kier molecular flexibility index (Phi) is 8.65. The van der Waals surface area contributed by atoms with Crippen LogP contribution in [0.2, 0.25) is 0 Å². The highest BCUT2D eigenvalue weighted by Crippen LogP contribution is 2.50. The summed E-state index contributed by atoms with van der Waals surface area (Å²) in [7, 11) is 0. The van der Waals surface area contributed by atoms with E-state index in [0.29, 0.717) is 25.2 Å². The Hall–Kier alpha value is -4.39. The van der Waals surface area contributed by atoms with Gasteiger partial charge in [-0.3, -0.25) is 0 Å². The first kappa shape index (κ1) is 32.2. The van der Waals surface area contributed by atoms with Gasteiger partial charge in [0.1, 0.15) is 17.0 Å². The highest BCUT2D eigenvalue weighted by molar-refractivity contribution is 5.84. The number of hydrogen-bond acceptors (Lipinski definition) is 6. The Bertz CT molecular complexity index is 1800. The lowest BCUT2D eigenvalue weighted by Crippen LogP contribution is -2.50. The second kappa shape index (κ2) is 12.9. The average Bonchev–Trinajstić information content (AvgIpc) is 3.75. The van der Waals surface area contributed by atoms with E-state index in [1.807, 2.05) is 0 Å². The first-order valence-electron chi connectivity index (χ1n) is 16.1. The number of alkyl halides is 3. The number of aromatic nitrogens is 4. The zero-order chi connectivity index (χ0) is 33.5. The monoisotopic (exact) mass is 668 g/mol. The molecule has 13 heteroatoms. The second-order valence-electron chi connectivity index (χ2n) is 13.0. The summed E-state index contributed by atoms with van der Waals surface area (Å²) in [5.74, 6) is -4.15. The number of halogens is 6. The van der Waals surface area contributed by atoms with Gasteiger partial charge in [-0.25, -0.2) is 13.5 Å². The van der Waals surface area contributed by atoms with E-state index in [-0.39, 0.29) is 22.4 Å². The number of benzene rings is 2. The van der Waals surface area contributed by atoms with Gasteiger partial charge in [0.25, 0.3) is 0 Å². The van der Waals surface area contributed by atoms with Crippen molar-refractivity contribution in [2.24, 2.45) is 11.3 Å². The molecule has 7 nitrogen and oxygen atoms in total. The molecule has 2 aliphatic heterocycles. The molecule has 2 aromatic carbocycles. The molecule has 0 radical (unpaired) electrons. The minimum Gasteiger partial charge on any atom is -0.453 e. The van der Waals surface area contributed by atoms with Crippen LogP contribution in [-0.2, 0) is 6.18 Å². The van der Waals surface area contributed by atoms with Crippen molar-refractivity contribution in [1.29, 1.82) is 0 Å². The number of anilines is 1. The fraction of sp³-hybridized carbons (Fsp3) is 0.400. The molecule has 7 rings (SSSR count). The van der Waals surface area contributed by atoms with Gasteiger partial charge in [-0.15, -0.1) is 0 Å². The molecule has 0 unspecified atom stereocenters. The zero-order valence-corrected chi connectivity index (χ0v) is 26.1. The number of likely N-dealkylation sites (tertiary alicyclic amines) is 1. The minimum absolute atomic E-state index is 0.0322. The molecule has 4 aromatic rings.